The van der Waals surface area contributed by atoms with Crippen molar-refractivity contribution in [2.75, 3.05) is 0 Å². The van der Waals surface area contributed by atoms with Gasteiger partial charge < -0.3 is 0 Å². The minimum absolute atomic E-state index is 0.537. The summed E-state index contributed by atoms with van der Waals surface area (Å²) in [5, 5.41) is 8.51. The Morgan fingerprint density at radius 3 is 2.36 bits per heavy atom. The van der Waals surface area contributed by atoms with Gasteiger partial charge in [0.1, 0.15) is 0 Å². The molecular weight excluding hydrogens is 154 g/mol. The van der Waals surface area contributed by atoms with Gasteiger partial charge in [0, 0.05) is 4.75 Å². The van der Waals surface area contributed by atoms with Crippen molar-refractivity contribution >= 4 is 16.8 Å². The summed E-state index contributed by atoms with van der Waals surface area (Å²) >= 11 is 1.87. The monoisotopic (exact) mass is 169 g/mol. The number of hydrogen-bond donors (Lipinski definition) is 1. The van der Waals surface area contributed by atoms with Crippen LogP contribution in [0.25, 0.3) is 0 Å². The van der Waals surface area contributed by atoms with Gasteiger partial charge >= 0.3 is 0 Å². The van der Waals surface area contributed by atoms with Crippen LogP contribution in [-0.2, 0) is 0 Å². The Morgan fingerprint density at radius 1 is 1.09 bits per heavy atom. The van der Waals surface area contributed by atoms with Crippen LogP contribution in [-0.4, -0.2) is 9.79 Å². The fourth-order valence-corrected chi connectivity index (χ4v) is 3.68. The first kappa shape index (κ1) is 7.66. The van der Waals surface area contributed by atoms with Crippen LogP contribution in [0, 0.1) is 5.41 Å². The first-order valence-corrected chi connectivity index (χ1v) is 5.39. The minimum atomic E-state index is 0.537. The standard InChI is InChI=1S/C9H15NS/c10-8-4-7-9(11-8)5-2-1-3-6-9/h10H,1-7H2. The van der Waals surface area contributed by atoms with Crippen LogP contribution in [0.1, 0.15) is 44.9 Å². The number of nitrogens with one attached hydrogen (secondary N) is 1. The molecule has 1 saturated heterocycles. The highest BCUT2D eigenvalue weighted by molar-refractivity contribution is 8.15. The molecule has 11 heavy (non-hydrogen) atoms. The van der Waals surface area contributed by atoms with Crippen molar-refractivity contribution < 1.29 is 0 Å². The second kappa shape index (κ2) is 2.81. The van der Waals surface area contributed by atoms with E-state index < -0.39 is 0 Å². The Labute approximate surface area is 72.5 Å². The summed E-state index contributed by atoms with van der Waals surface area (Å²) in [4.78, 5) is 0. The summed E-state index contributed by atoms with van der Waals surface area (Å²) in [5.41, 5.74) is 0. The van der Waals surface area contributed by atoms with E-state index in [0.29, 0.717) is 4.75 Å². The molecule has 0 aromatic heterocycles. The molecule has 1 heterocycles. The Balaban J connectivity index is 2.03. The second-order valence-corrected chi connectivity index (χ2v) is 5.33. The molecule has 2 fully saturated rings. The maximum absolute atomic E-state index is 7.57. The topological polar surface area (TPSA) is 23.9 Å². The van der Waals surface area contributed by atoms with Gasteiger partial charge in [-0.15, -0.1) is 11.8 Å². The van der Waals surface area contributed by atoms with E-state index in [4.69, 9.17) is 5.41 Å². The third kappa shape index (κ3) is 1.46. The molecule has 1 aliphatic carbocycles. The van der Waals surface area contributed by atoms with Gasteiger partial charge in [0.25, 0.3) is 0 Å². The molecule has 0 aromatic carbocycles. The summed E-state index contributed by atoms with van der Waals surface area (Å²) in [6, 6.07) is 0. The molecule has 0 atom stereocenters. The summed E-state index contributed by atoms with van der Waals surface area (Å²) in [6.07, 6.45) is 9.33. The highest BCUT2D eigenvalue weighted by atomic mass is 32.2. The molecule has 62 valence electrons. The maximum Gasteiger partial charge on any atom is 0.0647 e. The molecule has 0 bridgehead atoms. The van der Waals surface area contributed by atoms with Gasteiger partial charge in [0.2, 0.25) is 0 Å². The Kier molecular flexibility index (Phi) is 1.96. The molecule has 1 nitrogen and oxygen atoms in total. The lowest BCUT2D eigenvalue weighted by atomic mass is 9.85. The predicted molar refractivity (Wildman–Crippen MR) is 50.4 cm³/mol. The fraction of sp³-hybridized carbons (Fsp3) is 0.889. The lowest BCUT2D eigenvalue weighted by Crippen LogP contribution is -2.24. The minimum Gasteiger partial charge on any atom is -0.298 e. The predicted octanol–water partition coefficient (Wildman–Crippen LogP) is 3.19. The van der Waals surface area contributed by atoms with E-state index in [0.717, 1.165) is 11.5 Å². The highest BCUT2D eigenvalue weighted by Crippen LogP contribution is 2.48. The smallest absolute Gasteiger partial charge is 0.0647 e. The second-order valence-electron chi connectivity index (χ2n) is 3.77. The molecule has 2 heteroatoms. The van der Waals surface area contributed by atoms with E-state index in [9.17, 15) is 0 Å². The third-order valence-electron chi connectivity index (χ3n) is 2.91. The van der Waals surface area contributed by atoms with Crippen molar-refractivity contribution in [2.24, 2.45) is 0 Å². The van der Waals surface area contributed by atoms with Crippen molar-refractivity contribution in [3.8, 4) is 0 Å². The zero-order valence-electron chi connectivity index (χ0n) is 6.86. The van der Waals surface area contributed by atoms with Crippen LogP contribution in [0.5, 0.6) is 0 Å². The van der Waals surface area contributed by atoms with Gasteiger partial charge in [0.05, 0.1) is 5.04 Å². The number of thioether (sulfide) groups is 1. The quantitative estimate of drug-likeness (QED) is 0.591. The molecular formula is C9H15NS. The van der Waals surface area contributed by atoms with Gasteiger partial charge in [-0.1, -0.05) is 19.3 Å². The normalized spacial score (nSPS) is 29.6. The van der Waals surface area contributed by atoms with E-state index in [1.165, 1.54) is 38.5 Å². The molecule has 1 N–H and O–H groups in total. The molecule has 2 rings (SSSR count). The van der Waals surface area contributed by atoms with E-state index in [-0.39, 0.29) is 0 Å². The zero-order valence-corrected chi connectivity index (χ0v) is 7.67. The summed E-state index contributed by atoms with van der Waals surface area (Å²) < 4.78 is 0.537. The Morgan fingerprint density at radius 2 is 1.82 bits per heavy atom. The van der Waals surface area contributed by atoms with Gasteiger partial charge in [-0.3, -0.25) is 5.41 Å². The summed E-state index contributed by atoms with van der Waals surface area (Å²) in [5.74, 6) is 0. The van der Waals surface area contributed by atoms with E-state index in [1.807, 2.05) is 11.8 Å². The molecule has 1 saturated carbocycles. The molecule has 0 amide bonds. The fourth-order valence-electron chi connectivity index (χ4n) is 2.25. The Hall–Kier alpha value is 0.0200. The molecule has 2 aliphatic rings. The van der Waals surface area contributed by atoms with Gasteiger partial charge in [-0.25, -0.2) is 0 Å². The van der Waals surface area contributed by atoms with Gasteiger partial charge in [-0.05, 0) is 25.7 Å². The molecule has 1 spiro atoms. The van der Waals surface area contributed by atoms with Crippen molar-refractivity contribution in [3.63, 3.8) is 0 Å². The maximum atomic E-state index is 7.57. The van der Waals surface area contributed by atoms with E-state index >= 15 is 0 Å². The van der Waals surface area contributed by atoms with Crippen LogP contribution >= 0.6 is 11.8 Å². The largest absolute Gasteiger partial charge is 0.298 e. The van der Waals surface area contributed by atoms with Crippen LogP contribution < -0.4 is 0 Å². The zero-order chi connectivity index (χ0) is 7.73. The van der Waals surface area contributed by atoms with Crippen LogP contribution in [0.3, 0.4) is 0 Å². The van der Waals surface area contributed by atoms with E-state index in [1.54, 1.807) is 0 Å². The van der Waals surface area contributed by atoms with Gasteiger partial charge in [0.15, 0.2) is 0 Å². The third-order valence-corrected chi connectivity index (χ3v) is 4.41. The summed E-state index contributed by atoms with van der Waals surface area (Å²) in [6.45, 7) is 0. The van der Waals surface area contributed by atoms with E-state index in [2.05, 4.69) is 0 Å². The SMILES string of the molecule is N=C1CCC2(CCCCC2)S1. The molecule has 0 aromatic rings. The number of rotatable bonds is 0. The van der Waals surface area contributed by atoms with Crippen LogP contribution in [0.2, 0.25) is 0 Å². The highest BCUT2D eigenvalue weighted by Gasteiger charge is 2.38. The van der Waals surface area contributed by atoms with Crippen molar-refractivity contribution in [2.45, 2.75) is 49.7 Å². The van der Waals surface area contributed by atoms with Gasteiger partial charge in [-0.2, -0.15) is 0 Å². The summed E-state index contributed by atoms with van der Waals surface area (Å²) in [7, 11) is 0. The Bertz CT molecular complexity index is 170. The molecule has 0 radical (unpaired) electrons. The van der Waals surface area contributed by atoms with Crippen molar-refractivity contribution in [3.05, 3.63) is 0 Å². The molecule has 0 unspecified atom stereocenters. The van der Waals surface area contributed by atoms with Crippen LogP contribution in [0.15, 0.2) is 0 Å². The average molecular weight is 169 g/mol. The lowest BCUT2D eigenvalue weighted by Gasteiger charge is -2.31. The van der Waals surface area contributed by atoms with Crippen molar-refractivity contribution in [1.29, 1.82) is 5.41 Å². The van der Waals surface area contributed by atoms with Crippen LogP contribution in [0.4, 0.5) is 0 Å². The average Bonchev–Trinajstić information content (AvgIpc) is 2.34. The number of hydrogen-bond acceptors (Lipinski definition) is 2. The molecule has 1 aliphatic heterocycles. The first-order chi connectivity index (χ1) is 5.31. The first-order valence-electron chi connectivity index (χ1n) is 4.57. The van der Waals surface area contributed by atoms with Crippen molar-refractivity contribution in [1.82, 2.24) is 0 Å². The lowest BCUT2D eigenvalue weighted by molar-refractivity contribution is 0.390.